The molecule has 0 spiro atoms. The minimum atomic E-state index is -0.0671. The van der Waals surface area contributed by atoms with Crippen LogP contribution in [0.4, 0.5) is 5.82 Å². The highest BCUT2D eigenvalue weighted by atomic mass is 16.5. The smallest absolute Gasteiger partial charge is 0.225 e. The number of benzene rings is 1. The fourth-order valence-electron chi connectivity index (χ4n) is 3.25. The number of carbonyl (C=O) groups is 1. The summed E-state index contributed by atoms with van der Waals surface area (Å²) in [4.78, 5) is 20.1. The monoisotopic (exact) mass is 360 g/mol. The summed E-state index contributed by atoms with van der Waals surface area (Å²) in [6.07, 6.45) is 3.70. The summed E-state index contributed by atoms with van der Waals surface area (Å²) >= 11 is 0. The van der Waals surface area contributed by atoms with E-state index in [4.69, 9.17) is 4.52 Å². The molecule has 6 heteroatoms. The topological polar surface area (TPSA) is 83.8 Å². The summed E-state index contributed by atoms with van der Waals surface area (Å²) in [6, 6.07) is 15.8. The second-order valence-electron chi connectivity index (χ2n) is 6.46. The first-order valence-corrected chi connectivity index (χ1v) is 8.95. The van der Waals surface area contributed by atoms with Crippen LogP contribution in [0.15, 0.2) is 59.3 Å². The molecule has 0 fully saturated rings. The zero-order valence-electron chi connectivity index (χ0n) is 15.0. The van der Waals surface area contributed by atoms with Gasteiger partial charge in [0.1, 0.15) is 5.76 Å². The Bertz CT molecular complexity index is 1070. The molecule has 6 nitrogen and oxygen atoms in total. The number of aromatic amines is 1. The van der Waals surface area contributed by atoms with Gasteiger partial charge in [0, 0.05) is 29.6 Å². The van der Waals surface area contributed by atoms with Crippen molar-refractivity contribution in [3.8, 4) is 11.4 Å². The van der Waals surface area contributed by atoms with Gasteiger partial charge in [-0.05, 0) is 43.5 Å². The van der Waals surface area contributed by atoms with Crippen LogP contribution in [0, 0.1) is 6.92 Å². The number of aryl methyl sites for hydroxylation is 2. The first-order chi connectivity index (χ1) is 13.2. The maximum absolute atomic E-state index is 12.2. The Labute approximate surface area is 156 Å². The minimum Gasteiger partial charge on any atom is -0.360 e. The normalized spacial score (nSPS) is 11.0. The fourth-order valence-corrected chi connectivity index (χ4v) is 3.25. The van der Waals surface area contributed by atoms with Gasteiger partial charge in [0.2, 0.25) is 5.91 Å². The number of amides is 1. The molecule has 3 aromatic heterocycles. The number of carbonyl (C=O) groups excluding carboxylic acids is 1. The van der Waals surface area contributed by atoms with Crippen LogP contribution in [0.1, 0.15) is 24.2 Å². The van der Waals surface area contributed by atoms with Crippen molar-refractivity contribution in [2.24, 2.45) is 0 Å². The predicted molar refractivity (Wildman–Crippen MR) is 104 cm³/mol. The number of H-pyrrole nitrogens is 1. The van der Waals surface area contributed by atoms with Crippen LogP contribution in [0.5, 0.6) is 0 Å². The molecule has 0 bridgehead atoms. The standard InChI is InChI=1S/C21H20N4O2/c1-14-13-19(25-27-14)24-20(26)11-6-8-16-15-7-2-3-9-17(15)23-21(16)18-10-4-5-12-22-18/h2-5,7,9-10,12-13,23H,6,8,11H2,1H3,(H,24,25,26). The van der Waals surface area contributed by atoms with Crippen LogP contribution in [0.25, 0.3) is 22.3 Å². The molecular weight excluding hydrogens is 340 g/mol. The van der Waals surface area contributed by atoms with Gasteiger partial charge in [-0.1, -0.05) is 29.4 Å². The third-order valence-corrected chi connectivity index (χ3v) is 4.46. The SMILES string of the molecule is Cc1cc(NC(=O)CCCc2c(-c3ccccn3)[nH]c3ccccc23)no1. The van der Waals surface area contributed by atoms with E-state index in [0.717, 1.165) is 29.7 Å². The summed E-state index contributed by atoms with van der Waals surface area (Å²) in [7, 11) is 0. The van der Waals surface area contributed by atoms with Gasteiger partial charge in [-0.15, -0.1) is 0 Å². The van der Waals surface area contributed by atoms with E-state index in [1.54, 1.807) is 19.2 Å². The molecule has 1 amide bonds. The molecule has 0 atom stereocenters. The van der Waals surface area contributed by atoms with E-state index in [0.29, 0.717) is 18.0 Å². The lowest BCUT2D eigenvalue weighted by molar-refractivity contribution is -0.116. The number of hydrogen-bond donors (Lipinski definition) is 2. The number of para-hydroxylation sites is 1. The molecule has 4 aromatic rings. The molecule has 0 unspecified atom stereocenters. The molecule has 0 saturated heterocycles. The van der Waals surface area contributed by atoms with Gasteiger partial charge in [-0.25, -0.2) is 0 Å². The van der Waals surface area contributed by atoms with Crippen molar-refractivity contribution in [1.82, 2.24) is 15.1 Å². The highest BCUT2D eigenvalue weighted by Gasteiger charge is 2.14. The Morgan fingerprint density at radius 2 is 2.04 bits per heavy atom. The third kappa shape index (κ3) is 3.74. The van der Waals surface area contributed by atoms with Gasteiger partial charge in [-0.2, -0.15) is 0 Å². The van der Waals surface area contributed by atoms with Crippen molar-refractivity contribution in [3.63, 3.8) is 0 Å². The van der Waals surface area contributed by atoms with E-state index in [9.17, 15) is 4.79 Å². The molecule has 0 radical (unpaired) electrons. The zero-order valence-corrected chi connectivity index (χ0v) is 15.0. The maximum Gasteiger partial charge on any atom is 0.225 e. The summed E-state index contributed by atoms with van der Waals surface area (Å²) in [5.41, 5.74) is 4.20. The van der Waals surface area contributed by atoms with E-state index in [-0.39, 0.29) is 5.91 Å². The Kier molecular flexibility index (Phi) is 4.70. The van der Waals surface area contributed by atoms with Crippen LogP contribution in [-0.4, -0.2) is 21.0 Å². The first kappa shape index (κ1) is 17.0. The van der Waals surface area contributed by atoms with Crippen LogP contribution >= 0.6 is 0 Å². The van der Waals surface area contributed by atoms with Gasteiger partial charge < -0.3 is 14.8 Å². The number of nitrogens with one attached hydrogen (secondary N) is 2. The summed E-state index contributed by atoms with van der Waals surface area (Å²) < 4.78 is 4.97. The minimum absolute atomic E-state index is 0.0671. The molecular formula is C21H20N4O2. The highest BCUT2D eigenvalue weighted by molar-refractivity contribution is 5.91. The molecule has 27 heavy (non-hydrogen) atoms. The average Bonchev–Trinajstić information content (AvgIpc) is 3.26. The van der Waals surface area contributed by atoms with Crippen molar-refractivity contribution < 1.29 is 9.32 Å². The Morgan fingerprint density at radius 3 is 2.81 bits per heavy atom. The van der Waals surface area contributed by atoms with Gasteiger partial charge >= 0.3 is 0 Å². The molecule has 136 valence electrons. The summed E-state index contributed by atoms with van der Waals surface area (Å²) in [5, 5.41) is 7.72. The lowest BCUT2D eigenvalue weighted by Gasteiger charge is -2.05. The summed E-state index contributed by atoms with van der Waals surface area (Å²) in [6.45, 7) is 1.79. The van der Waals surface area contributed by atoms with E-state index in [1.807, 2.05) is 30.3 Å². The highest BCUT2D eigenvalue weighted by Crippen LogP contribution is 2.30. The number of rotatable bonds is 6. The largest absolute Gasteiger partial charge is 0.360 e. The number of aromatic nitrogens is 3. The maximum atomic E-state index is 12.2. The number of pyridine rings is 1. The van der Waals surface area contributed by atoms with Crippen LogP contribution in [-0.2, 0) is 11.2 Å². The number of anilines is 1. The van der Waals surface area contributed by atoms with E-state index < -0.39 is 0 Å². The van der Waals surface area contributed by atoms with Crippen LogP contribution in [0.3, 0.4) is 0 Å². The van der Waals surface area contributed by atoms with Crippen molar-refractivity contribution in [2.75, 3.05) is 5.32 Å². The molecule has 0 aliphatic heterocycles. The molecule has 2 N–H and O–H groups in total. The average molecular weight is 360 g/mol. The second-order valence-corrected chi connectivity index (χ2v) is 6.46. The van der Waals surface area contributed by atoms with Crippen molar-refractivity contribution in [1.29, 1.82) is 0 Å². The molecule has 0 aliphatic rings. The van der Waals surface area contributed by atoms with Gasteiger partial charge in [0.15, 0.2) is 5.82 Å². The van der Waals surface area contributed by atoms with Gasteiger partial charge in [0.25, 0.3) is 0 Å². The van der Waals surface area contributed by atoms with E-state index in [2.05, 4.69) is 32.6 Å². The van der Waals surface area contributed by atoms with E-state index in [1.165, 1.54) is 10.9 Å². The quantitative estimate of drug-likeness (QED) is 0.531. The molecule has 0 aliphatic carbocycles. The third-order valence-electron chi connectivity index (χ3n) is 4.46. The number of fused-ring (bicyclic) bond motifs is 1. The van der Waals surface area contributed by atoms with Crippen molar-refractivity contribution >= 4 is 22.6 Å². The number of hydrogen-bond acceptors (Lipinski definition) is 4. The molecule has 1 aromatic carbocycles. The van der Waals surface area contributed by atoms with E-state index >= 15 is 0 Å². The van der Waals surface area contributed by atoms with Crippen molar-refractivity contribution in [3.05, 3.63) is 66.1 Å². The van der Waals surface area contributed by atoms with Crippen molar-refractivity contribution in [2.45, 2.75) is 26.2 Å². The Balaban J connectivity index is 1.50. The Hall–Kier alpha value is -3.41. The lowest BCUT2D eigenvalue weighted by Crippen LogP contribution is -2.11. The molecule has 4 rings (SSSR count). The zero-order chi connectivity index (χ0) is 18.6. The Morgan fingerprint density at radius 1 is 1.19 bits per heavy atom. The summed E-state index contributed by atoms with van der Waals surface area (Å²) in [5.74, 6) is 1.06. The van der Waals surface area contributed by atoms with Crippen LogP contribution in [0.2, 0.25) is 0 Å². The lowest BCUT2D eigenvalue weighted by atomic mass is 10.0. The molecule has 3 heterocycles. The van der Waals surface area contributed by atoms with Gasteiger partial charge in [0.05, 0.1) is 11.4 Å². The number of nitrogens with zero attached hydrogens (tertiary/aromatic N) is 2. The first-order valence-electron chi connectivity index (χ1n) is 8.95. The fraction of sp³-hybridized carbons (Fsp3) is 0.190. The van der Waals surface area contributed by atoms with Gasteiger partial charge in [-0.3, -0.25) is 9.78 Å². The predicted octanol–water partition coefficient (Wildman–Crippen LogP) is 4.49. The van der Waals surface area contributed by atoms with Crippen LogP contribution < -0.4 is 5.32 Å². The molecule has 0 saturated carbocycles. The second kappa shape index (κ2) is 7.45.